The molecule has 1 aromatic heterocycles. The van der Waals surface area contributed by atoms with Crippen LogP contribution < -0.4 is 9.62 Å². The van der Waals surface area contributed by atoms with Crippen LogP contribution in [-0.4, -0.2) is 49.0 Å². The van der Waals surface area contributed by atoms with Crippen molar-refractivity contribution in [1.82, 2.24) is 14.7 Å². The van der Waals surface area contributed by atoms with E-state index in [1.807, 2.05) is 19.2 Å². The Bertz CT molecular complexity index is 619. The molecule has 1 aromatic rings. The second-order valence-electron chi connectivity index (χ2n) is 5.85. The van der Waals surface area contributed by atoms with Crippen LogP contribution in [0, 0.1) is 6.92 Å². The highest BCUT2D eigenvalue weighted by atomic mass is 32.2. The lowest BCUT2D eigenvalue weighted by Crippen LogP contribution is -2.49. The summed E-state index contributed by atoms with van der Waals surface area (Å²) in [4.78, 5) is 11.0. The molecule has 1 aliphatic rings. The van der Waals surface area contributed by atoms with Crippen molar-refractivity contribution in [1.29, 1.82) is 0 Å². The second kappa shape index (κ2) is 7.14. The molecule has 0 radical (unpaired) electrons. The lowest BCUT2D eigenvalue weighted by atomic mass is 10.1. The Morgan fingerprint density at radius 3 is 2.77 bits per heavy atom. The zero-order chi connectivity index (χ0) is 16.3. The number of anilines is 1. The largest absolute Gasteiger partial charge is 0.355 e. The van der Waals surface area contributed by atoms with Crippen LogP contribution in [0.15, 0.2) is 11.2 Å². The number of thioether (sulfide) groups is 1. The number of aryl methyl sites for hydroxylation is 1. The van der Waals surface area contributed by atoms with E-state index in [9.17, 15) is 8.42 Å². The van der Waals surface area contributed by atoms with Gasteiger partial charge in [-0.1, -0.05) is 11.8 Å². The van der Waals surface area contributed by atoms with Gasteiger partial charge in [-0.05, 0) is 39.9 Å². The van der Waals surface area contributed by atoms with Gasteiger partial charge in [-0.2, -0.15) is 0 Å². The Morgan fingerprint density at radius 2 is 2.14 bits per heavy atom. The van der Waals surface area contributed by atoms with Gasteiger partial charge in [0.15, 0.2) is 5.16 Å². The molecule has 0 bridgehead atoms. The van der Waals surface area contributed by atoms with Crippen molar-refractivity contribution in [3.63, 3.8) is 0 Å². The van der Waals surface area contributed by atoms with Crippen LogP contribution in [-0.2, 0) is 10.0 Å². The Hall–Kier alpha value is -0.860. The summed E-state index contributed by atoms with van der Waals surface area (Å²) < 4.78 is 26.9. The van der Waals surface area contributed by atoms with Crippen molar-refractivity contribution in [2.24, 2.45) is 0 Å². The summed E-state index contributed by atoms with van der Waals surface area (Å²) in [5.74, 6) is 0.880. The lowest BCUT2D eigenvalue weighted by molar-refractivity contribution is 0.461. The van der Waals surface area contributed by atoms with Gasteiger partial charge in [0.05, 0.1) is 5.25 Å². The Labute approximate surface area is 137 Å². The van der Waals surface area contributed by atoms with Crippen molar-refractivity contribution in [3.8, 4) is 0 Å². The summed E-state index contributed by atoms with van der Waals surface area (Å²) in [6, 6.07) is 1.90. The number of hydrogen-bond donors (Lipinski definition) is 1. The molecule has 124 valence electrons. The molecule has 1 atom stereocenters. The third-order valence-electron chi connectivity index (χ3n) is 3.70. The molecule has 0 spiro atoms. The molecule has 1 aliphatic heterocycles. The third-order valence-corrected chi connectivity index (χ3v) is 6.15. The lowest BCUT2D eigenvalue weighted by Gasteiger charge is -2.34. The summed E-state index contributed by atoms with van der Waals surface area (Å²) in [6.45, 7) is 6.89. The van der Waals surface area contributed by atoms with E-state index < -0.39 is 15.3 Å². The Morgan fingerprint density at radius 1 is 1.41 bits per heavy atom. The maximum absolute atomic E-state index is 12.0. The van der Waals surface area contributed by atoms with Crippen LogP contribution in [0.5, 0.6) is 0 Å². The van der Waals surface area contributed by atoms with Crippen LogP contribution in [0.2, 0.25) is 0 Å². The minimum Gasteiger partial charge on any atom is -0.355 e. The SMILES string of the molecule is CSc1nc(C)cc(N2CCCC(NS(=O)(=O)C(C)C)C2)n1. The minimum absolute atomic E-state index is 0.0610. The van der Waals surface area contributed by atoms with Gasteiger partial charge < -0.3 is 4.90 Å². The predicted molar refractivity (Wildman–Crippen MR) is 91.0 cm³/mol. The number of nitrogens with one attached hydrogen (secondary N) is 1. The molecule has 1 N–H and O–H groups in total. The first kappa shape index (κ1) is 17.5. The van der Waals surface area contributed by atoms with Crippen LogP contribution >= 0.6 is 11.8 Å². The molecular weight excluding hydrogens is 320 g/mol. The van der Waals surface area contributed by atoms with Crippen molar-refractivity contribution in [2.45, 2.75) is 50.1 Å². The van der Waals surface area contributed by atoms with E-state index in [0.717, 1.165) is 36.1 Å². The van der Waals surface area contributed by atoms with E-state index in [2.05, 4.69) is 19.6 Å². The number of nitrogens with zero attached hydrogens (tertiary/aromatic N) is 3. The predicted octanol–water partition coefficient (Wildman–Crippen LogP) is 1.80. The third kappa shape index (κ3) is 4.33. The first-order chi connectivity index (χ1) is 10.3. The molecule has 1 fully saturated rings. The summed E-state index contributed by atoms with van der Waals surface area (Å²) in [6.07, 6.45) is 3.76. The quantitative estimate of drug-likeness (QED) is 0.648. The number of aromatic nitrogens is 2. The highest BCUT2D eigenvalue weighted by molar-refractivity contribution is 7.98. The molecule has 6 nitrogen and oxygen atoms in total. The van der Waals surface area contributed by atoms with Gasteiger partial charge in [-0.3, -0.25) is 0 Å². The molecule has 0 saturated carbocycles. The van der Waals surface area contributed by atoms with E-state index >= 15 is 0 Å². The zero-order valence-electron chi connectivity index (χ0n) is 13.5. The van der Waals surface area contributed by atoms with Gasteiger partial charge in [-0.25, -0.2) is 23.1 Å². The van der Waals surface area contributed by atoms with Crippen LogP contribution in [0.1, 0.15) is 32.4 Å². The molecule has 2 heterocycles. The fraction of sp³-hybridized carbons (Fsp3) is 0.714. The van der Waals surface area contributed by atoms with Crippen LogP contribution in [0.3, 0.4) is 0 Å². The smallest absolute Gasteiger partial charge is 0.214 e. The van der Waals surface area contributed by atoms with Gasteiger partial charge in [0, 0.05) is 30.9 Å². The average Bonchev–Trinajstić information content (AvgIpc) is 2.46. The maximum Gasteiger partial charge on any atom is 0.214 e. The summed E-state index contributed by atoms with van der Waals surface area (Å²) in [7, 11) is -3.24. The molecule has 0 aliphatic carbocycles. The standard InChI is InChI=1S/C14H24N4O2S2/c1-10(2)22(19,20)17-12-6-5-7-18(9-12)13-8-11(3)15-14(16-13)21-4/h8,10,12,17H,5-7,9H2,1-4H3. The molecule has 22 heavy (non-hydrogen) atoms. The van der Waals surface area contributed by atoms with Crippen LogP contribution in [0.25, 0.3) is 0 Å². The fourth-order valence-electron chi connectivity index (χ4n) is 2.43. The topological polar surface area (TPSA) is 75.2 Å². The summed E-state index contributed by atoms with van der Waals surface area (Å²) >= 11 is 1.52. The maximum atomic E-state index is 12.0. The van der Waals surface area contributed by atoms with E-state index in [1.54, 1.807) is 13.8 Å². The van der Waals surface area contributed by atoms with Crippen LogP contribution in [0.4, 0.5) is 5.82 Å². The number of sulfonamides is 1. The minimum atomic E-state index is -3.24. The molecule has 0 amide bonds. The van der Waals surface area contributed by atoms with Gasteiger partial charge in [0.25, 0.3) is 0 Å². The van der Waals surface area contributed by atoms with Crippen molar-refractivity contribution < 1.29 is 8.42 Å². The van der Waals surface area contributed by atoms with Crippen molar-refractivity contribution in [2.75, 3.05) is 24.2 Å². The highest BCUT2D eigenvalue weighted by Gasteiger charge is 2.26. The van der Waals surface area contributed by atoms with Gasteiger partial charge in [0.2, 0.25) is 10.0 Å². The van der Waals surface area contributed by atoms with E-state index in [1.165, 1.54) is 11.8 Å². The highest BCUT2D eigenvalue weighted by Crippen LogP contribution is 2.21. The molecule has 1 unspecified atom stereocenters. The molecule has 1 saturated heterocycles. The summed E-state index contributed by atoms with van der Waals surface area (Å²) in [5, 5.41) is 0.340. The molecular formula is C14H24N4O2S2. The van der Waals surface area contributed by atoms with E-state index in [-0.39, 0.29) is 6.04 Å². The van der Waals surface area contributed by atoms with Gasteiger partial charge in [-0.15, -0.1) is 0 Å². The van der Waals surface area contributed by atoms with Gasteiger partial charge >= 0.3 is 0 Å². The first-order valence-corrected chi connectivity index (χ1v) is 10.2. The van der Waals surface area contributed by atoms with Crippen molar-refractivity contribution >= 4 is 27.6 Å². The monoisotopic (exact) mass is 344 g/mol. The normalized spacial score (nSPS) is 19.7. The van der Waals surface area contributed by atoms with E-state index in [0.29, 0.717) is 6.54 Å². The fourth-order valence-corrected chi connectivity index (χ4v) is 3.78. The second-order valence-corrected chi connectivity index (χ2v) is 8.89. The van der Waals surface area contributed by atoms with Crippen molar-refractivity contribution in [3.05, 3.63) is 11.8 Å². The average molecular weight is 345 g/mol. The number of piperidine rings is 1. The molecule has 2 rings (SSSR count). The van der Waals surface area contributed by atoms with Gasteiger partial charge in [0.1, 0.15) is 5.82 Å². The summed E-state index contributed by atoms with van der Waals surface area (Å²) in [5.41, 5.74) is 0.930. The Balaban J connectivity index is 2.12. The van der Waals surface area contributed by atoms with E-state index in [4.69, 9.17) is 0 Å². The zero-order valence-corrected chi connectivity index (χ0v) is 15.2. The first-order valence-electron chi connectivity index (χ1n) is 7.47. The number of hydrogen-bond acceptors (Lipinski definition) is 6. The number of rotatable bonds is 5. The Kier molecular flexibility index (Phi) is 5.68. The molecule has 8 heteroatoms. The molecule has 0 aromatic carbocycles.